The summed E-state index contributed by atoms with van der Waals surface area (Å²) in [6.07, 6.45) is 11.5. The van der Waals surface area contributed by atoms with Gasteiger partial charge in [-0.1, -0.05) is 12.2 Å². The monoisotopic (exact) mass is 285 g/mol. The van der Waals surface area contributed by atoms with Crippen LogP contribution in [0.15, 0.2) is 47.2 Å². The van der Waals surface area contributed by atoms with Crippen LogP contribution in [0.2, 0.25) is 0 Å². The first kappa shape index (κ1) is 15.5. The van der Waals surface area contributed by atoms with E-state index in [4.69, 9.17) is 10.5 Å². The molecular weight excluding hydrogens is 274 g/mol. The minimum absolute atomic E-state index is 0.140. The number of hydrogen-bond acceptors (Lipinski definition) is 5. The highest BCUT2D eigenvalue weighted by Gasteiger charge is 2.08. The van der Waals surface area contributed by atoms with Crippen LogP contribution in [-0.4, -0.2) is 23.4 Å². The molecule has 2 N–H and O–H groups in total. The second-order valence-corrected chi connectivity index (χ2v) is 3.51. The van der Waals surface area contributed by atoms with Gasteiger partial charge >= 0.3 is 6.03 Å². The Balaban J connectivity index is 0.000000211. The lowest BCUT2D eigenvalue weighted by Gasteiger charge is -2.15. The van der Waals surface area contributed by atoms with E-state index in [2.05, 4.69) is 4.42 Å². The zero-order valence-corrected chi connectivity index (χ0v) is 10.8. The Morgan fingerprint density at radius 2 is 2.00 bits per heavy atom. The Morgan fingerprint density at radius 1 is 1.24 bits per heavy atom. The second-order valence-electron chi connectivity index (χ2n) is 3.51. The van der Waals surface area contributed by atoms with Crippen LogP contribution < -0.4 is 10.6 Å². The van der Waals surface area contributed by atoms with Crippen molar-refractivity contribution < 1.29 is 14.0 Å². The number of nitrogens with zero attached hydrogens (tertiary/aromatic N) is 3. The molecule has 0 unspecified atom stereocenters. The fourth-order valence-electron chi connectivity index (χ4n) is 1.26. The van der Waals surface area contributed by atoms with Gasteiger partial charge in [0, 0.05) is 12.7 Å². The predicted molar refractivity (Wildman–Crippen MR) is 70.9 cm³/mol. The summed E-state index contributed by atoms with van der Waals surface area (Å²) in [4.78, 5) is 23.0. The van der Waals surface area contributed by atoms with Gasteiger partial charge in [0.25, 0.3) is 5.91 Å². The van der Waals surface area contributed by atoms with Crippen molar-refractivity contribution in [1.29, 1.82) is 10.5 Å². The Labute approximate surface area is 120 Å². The molecule has 1 aliphatic heterocycles. The molecule has 0 spiro atoms. The fraction of sp³-hybridized carbons (Fsp3) is 0.0769. The van der Waals surface area contributed by atoms with Crippen molar-refractivity contribution in [2.24, 2.45) is 0 Å². The molecule has 0 fully saturated rings. The molecule has 8 nitrogen and oxygen atoms in total. The standard InChI is InChI=1S/C7H7N3O.C6H4N2O2/c8-6-9-7(11)10-4-2-1-3-5-10;7-4-8-6(9)5-2-1-3-10-5/h1-4H,5H2,(H,9,11);1-3H,(H,8,9). The van der Waals surface area contributed by atoms with Crippen molar-refractivity contribution in [3.8, 4) is 12.4 Å². The van der Waals surface area contributed by atoms with Crippen LogP contribution >= 0.6 is 0 Å². The van der Waals surface area contributed by atoms with Crippen LogP contribution in [0.5, 0.6) is 0 Å². The number of carbonyl (C=O) groups excluding carboxylic acids is 2. The summed E-state index contributed by atoms with van der Waals surface area (Å²) in [5.41, 5.74) is 0. The number of rotatable bonds is 1. The van der Waals surface area contributed by atoms with Crippen molar-refractivity contribution in [2.75, 3.05) is 6.54 Å². The van der Waals surface area contributed by atoms with Crippen LogP contribution in [0, 0.1) is 22.9 Å². The van der Waals surface area contributed by atoms with E-state index >= 15 is 0 Å². The summed E-state index contributed by atoms with van der Waals surface area (Å²) in [5, 5.41) is 20.1. The molecule has 1 aromatic rings. The Bertz CT molecular complexity index is 619. The van der Waals surface area contributed by atoms with E-state index in [1.54, 1.807) is 24.5 Å². The van der Waals surface area contributed by atoms with E-state index in [-0.39, 0.29) is 5.76 Å². The van der Waals surface area contributed by atoms with Crippen molar-refractivity contribution in [1.82, 2.24) is 15.5 Å². The highest BCUT2D eigenvalue weighted by molar-refractivity contribution is 5.92. The number of amides is 3. The Hall–Kier alpha value is -3.52. The molecule has 0 radical (unpaired) electrons. The van der Waals surface area contributed by atoms with Crippen molar-refractivity contribution in [3.63, 3.8) is 0 Å². The topological polar surface area (TPSA) is 122 Å². The molecule has 0 atom stereocenters. The molecule has 0 saturated carbocycles. The third-order valence-electron chi connectivity index (χ3n) is 2.15. The number of urea groups is 1. The molecule has 0 aromatic carbocycles. The molecule has 0 aliphatic carbocycles. The average Bonchev–Trinajstić information content (AvgIpc) is 3.04. The first-order chi connectivity index (χ1) is 10.2. The molecule has 2 rings (SSSR count). The first-order valence-electron chi connectivity index (χ1n) is 5.71. The minimum Gasteiger partial charge on any atom is -0.459 e. The van der Waals surface area contributed by atoms with Gasteiger partial charge in [-0.15, -0.1) is 0 Å². The van der Waals surface area contributed by atoms with Crippen LogP contribution in [0.25, 0.3) is 0 Å². The zero-order valence-electron chi connectivity index (χ0n) is 10.8. The number of nitrogens with one attached hydrogen (secondary N) is 2. The van der Waals surface area contributed by atoms with Crippen molar-refractivity contribution in [2.45, 2.75) is 0 Å². The number of furan rings is 1. The first-order valence-corrected chi connectivity index (χ1v) is 5.71. The molecule has 0 bridgehead atoms. The van der Waals surface area contributed by atoms with Gasteiger partial charge in [-0.2, -0.15) is 10.5 Å². The van der Waals surface area contributed by atoms with Gasteiger partial charge in [0.2, 0.25) is 0 Å². The van der Waals surface area contributed by atoms with E-state index in [9.17, 15) is 9.59 Å². The van der Waals surface area contributed by atoms with Crippen LogP contribution in [-0.2, 0) is 0 Å². The van der Waals surface area contributed by atoms with Crippen molar-refractivity contribution in [3.05, 3.63) is 48.6 Å². The maximum absolute atomic E-state index is 10.9. The van der Waals surface area contributed by atoms with Gasteiger partial charge < -0.3 is 4.42 Å². The Kier molecular flexibility index (Phi) is 6.33. The molecule has 1 aromatic heterocycles. The highest BCUT2D eigenvalue weighted by atomic mass is 16.3. The summed E-state index contributed by atoms with van der Waals surface area (Å²) in [6.45, 7) is 0.518. The third kappa shape index (κ3) is 5.32. The molecule has 0 saturated heterocycles. The summed E-state index contributed by atoms with van der Waals surface area (Å²) < 4.78 is 4.68. The number of allylic oxidation sites excluding steroid dienone is 2. The van der Waals surface area contributed by atoms with Gasteiger partial charge in [0.1, 0.15) is 0 Å². The van der Waals surface area contributed by atoms with E-state index in [1.807, 2.05) is 22.8 Å². The number of hydrogen-bond donors (Lipinski definition) is 2. The summed E-state index contributed by atoms with van der Waals surface area (Å²) in [6, 6.07) is 2.66. The molecular formula is C13H11N5O3. The smallest absolute Gasteiger partial charge is 0.334 e. The summed E-state index contributed by atoms with van der Waals surface area (Å²) in [7, 11) is 0. The average molecular weight is 285 g/mol. The summed E-state index contributed by atoms with van der Waals surface area (Å²) in [5.74, 6) is -0.381. The normalized spacial score (nSPS) is 11.4. The summed E-state index contributed by atoms with van der Waals surface area (Å²) >= 11 is 0. The molecule has 106 valence electrons. The largest absolute Gasteiger partial charge is 0.459 e. The van der Waals surface area contributed by atoms with Gasteiger partial charge in [0.15, 0.2) is 18.1 Å². The quantitative estimate of drug-likeness (QED) is 0.590. The van der Waals surface area contributed by atoms with Crippen molar-refractivity contribution >= 4 is 11.9 Å². The van der Waals surface area contributed by atoms with Gasteiger partial charge in [-0.3, -0.25) is 15.0 Å². The van der Waals surface area contributed by atoms with E-state index in [1.165, 1.54) is 23.4 Å². The van der Waals surface area contributed by atoms with Crippen LogP contribution in [0.4, 0.5) is 4.79 Å². The van der Waals surface area contributed by atoms with Gasteiger partial charge in [0.05, 0.1) is 6.26 Å². The Morgan fingerprint density at radius 3 is 2.52 bits per heavy atom. The number of carbonyl (C=O) groups is 2. The zero-order chi connectivity index (χ0) is 15.5. The SMILES string of the molecule is N#CNC(=O)N1C=CC=CC1.N#CNC(=O)c1ccco1. The molecule has 1 aliphatic rings. The maximum Gasteiger partial charge on any atom is 0.334 e. The fourth-order valence-corrected chi connectivity index (χ4v) is 1.26. The minimum atomic E-state index is -0.521. The van der Waals surface area contributed by atoms with Gasteiger partial charge in [-0.05, 0) is 18.2 Å². The second kappa shape index (κ2) is 8.56. The molecule has 2 heterocycles. The maximum atomic E-state index is 10.9. The van der Waals surface area contributed by atoms with Crippen LogP contribution in [0.3, 0.4) is 0 Å². The lowest BCUT2D eigenvalue weighted by Crippen LogP contribution is -2.34. The lowest BCUT2D eigenvalue weighted by molar-refractivity contribution is 0.0945. The molecule has 3 amide bonds. The third-order valence-corrected chi connectivity index (χ3v) is 2.15. The number of nitriles is 2. The molecule has 21 heavy (non-hydrogen) atoms. The van der Waals surface area contributed by atoms with Gasteiger partial charge in [-0.25, -0.2) is 10.1 Å². The van der Waals surface area contributed by atoms with Crippen LogP contribution in [0.1, 0.15) is 10.6 Å². The van der Waals surface area contributed by atoms with E-state index in [0.29, 0.717) is 6.54 Å². The predicted octanol–water partition coefficient (Wildman–Crippen LogP) is 1.05. The lowest BCUT2D eigenvalue weighted by atomic mass is 10.4. The molecule has 8 heteroatoms. The van der Waals surface area contributed by atoms with E-state index in [0.717, 1.165) is 0 Å². The van der Waals surface area contributed by atoms with E-state index < -0.39 is 11.9 Å². The highest BCUT2D eigenvalue weighted by Crippen LogP contribution is 1.98.